The molecule has 7 aromatic carbocycles. The maximum Gasteiger partial charge on any atom is 0.145 e. The van der Waals surface area contributed by atoms with Gasteiger partial charge in [0.25, 0.3) is 0 Å². The van der Waals surface area contributed by atoms with Gasteiger partial charge in [0.1, 0.15) is 22.3 Å². The minimum absolute atomic E-state index is 0.314. The lowest BCUT2D eigenvalue weighted by molar-refractivity contribution is 0.669. The molecule has 230 valence electrons. The fourth-order valence-corrected chi connectivity index (χ4v) is 8.55. The number of para-hydroxylation sites is 3. The van der Waals surface area contributed by atoms with Crippen LogP contribution in [0.4, 0.5) is 0 Å². The Morgan fingerprint density at radius 1 is 0.520 bits per heavy atom. The van der Waals surface area contributed by atoms with Crippen LogP contribution < -0.4 is 0 Å². The molecule has 0 saturated carbocycles. The van der Waals surface area contributed by atoms with E-state index >= 15 is 0 Å². The van der Waals surface area contributed by atoms with Gasteiger partial charge in [-0.05, 0) is 64.7 Å². The molecule has 11 rings (SSSR count). The number of nitrogens with zero attached hydrogens (tertiary/aromatic N) is 3. The Labute approximate surface area is 285 Å². The summed E-state index contributed by atoms with van der Waals surface area (Å²) < 4.78 is 15.1. The highest BCUT2D eigenvalue weighted by Crippen LogP contribution is 2.53. The van der Waals surface area contributed by atoms with E-state index in [4.69, 9.17) is 8.83 Å². The second-order valence-electron chi connectivity index (χ2n) is 13.0. The molecule has 1 aliphatic carbocycles. The standard InChI is InChI=1S/C45H23N3O2/c46-23-25-21-27(48-36-14-6-3-13-34(36)43-37(48)20-19-33-29-10-5-8-16-39(29)50-45(33)43)22-26(24-47)40(25)41-30-11-1-2-12-31(30)42-35(41)18-17-32-28-9-4-7-15-38(28)49-44(32)42/h1-22,41H. The molecule has 0 spiro atoms. The van der Waals surface area contributed by atoms with Crippen LogP contribution in [0.25, 0.3) is 82.5 Å². The lowest BCUT2D eigenvalue weighted by atomic mass is 9.83. The molecule has 3 heterocycles. The van der Waals surface area contributed by atoms with Gasteiger partial charge in [-0.2, -0.15) is 10.5 Å². The van der Waals surface area contributed by atoms with Crippen molar-refractivity contribution in [1.82, 2.24) is 4.57 Å². The number of rotatable bonds is 2. The molecular weight excluding hydrogens is 615 g/mol. The molecule has 5 heteroatoms. The quantitative estimate of drug-likeness (QED) is 0.189. The van der Waals surface area contributed by atoms with Crippen LogP contribution in [-0.4, -0.2) is 4.57 Å². The number of furan rings is 2. The maximum absolute atomic E-state index is 10.8. The number of fused-ring (bicyclic) bond motifs is 14. The lowest BCUT2D eigenvalue weighted by Gasteiger charge is -2.19. The van der Waals surface area contributed by atoms with Crippen molar-refractivity contribution < 1.29 is 8.83 Å². The van der Waals surface area contributed by atoms with Gasteiger partial charge in [-0.25, -0.2) is 0 Å². The predicted molar refractivity (Wildman–Crippen MR) is 198 cm³/mol. The molecule has 1 unspecified atom stereocenters. The van der Waals surface area contributed by atoms with E-state index in [-0.39, 0.29) is 5.92 Å². The van der Waals surface area contributed by atoms with Gasteiger partial charge >= 0.3 is 0 Å². The van der Waals surface area contributed by atoms with E-state index in [0.29, 0.717) is 16.7 Å². The Morgan fingerprint density at radius 2 is 1.12 bits per heavy atom. The van der Waals surface area contributed by atoms with Crippen molar-refractivity contribution in [1.29, 1.82) is 10.5 Å². The van der Waals surface area contributed by atoms with Crippen LogP contribution in [-0.2, 0) is 0 Å². The van der Waals surface area contributed by atoms with E-state index in [2.05, 4.69) is 77.4 Å². The summed E-state index contributed by atoms with van der Waals surface area (Å²) >= 11 is 0. The molecule has 0 amide bonds. The van der Waals surface area contributed by atoms with Crippen molar-refractivity contribution in [2.45, 2.75) is 5.92 Å². The highest BCUT2D eigenvalue weighted by atomic mass is 16.3. The molecule has 0 saturated heterocycles. The van der Waals surface area contributed by atoms with E-state index in [1.807, 2.05) is 72.8 Å². The van der Waals surface area contributed by atoms with Gasteiger partial charge in [0.15, 0.2) is 0 Å². The average molecular weight is 638 g/mol. The summed E-state index contributed by atoms with van der Waals surface area (Å²) in [6.45, 7) is 0. The van der Waals surface area contributed by atoms with Crippen LogP contribution in [0.5, 0.6) is 0 Å². The molecule has 0 bridgehead atoms. The van der Waals surface area contributed by atoms with Crippen LogP contribution in [0.3, 0.4) is 0 Å². The average Bonchev–Trinajstić information content (AvgIpc) is 3.91. The zero-order valence-electron chi connectivity index (χ0n) is 26.4. The van der Waals surface area contributed by atoms with Crippen LogP contribution in [0, 0.1) is 22.7 Å². The van der Waals surface area contributed by atoms with Gasteiger partial charge in [-0.1, -0.05) is 91.0 Å². The monoisotopic (exact) mass is 637 g/mol. The summed E-state index contributed by atoms with van der Waals surface area (Å²) in [7, 11) is 0. The maximum atomic E-state index is 10.8. The molecule has 50 heavy (non-hydrogen) atoms. The molecule has 1 aliphatic rings. The minimum atomic E-state index is -0.314. The van der Waals surface area contributed by atoms with Crippen molar-refractivity contribution in [3.8, 4) is 29.0 Å². The van der Waals surface area contributed by atoms with Crippen LogP contribution in [0.1, 0.15) is 33.7 Å². The zero-order chi connectivity index (χ0) is 33.1. The first-order chi connectivity index (χ1) is 24.7. The number of nitriles is 2. The molecule has 0 radical (unpaired) electrons. The Hall–Kier alpha value is -7.08. The minimum Gasteiger partial charge on any atom is -0.455 e. The van der Waals surface area contributed by atoms with Crippen molar-refractivity contribution in [2.75, 3.05) is 0 Å². The van der Waals surface area contributed by atoms with Gasteiger partial charge in [0.2, 0.25) is 0 Å². The zero-order valence-corrected chi connectivity index (χ0v) is 26.4. The van der Waals surface area contributed by atoms with Crippen LogP contribution >= 0.6 is 0 Å². The molecule has 10 aromatic rings. The Kier molecular flexibility index (Phi) is 5.24. The summed E-state index contributed by atoms with van der Waals surface area (Å²) in [6.07, 6.45) is 0. The second kappa shape index (κ2) is 9.73. The number of hydrogen-bond donors (Lipinski definition) is 0. The Bertz CT molecular complexity index is 3160. The molecule has 0 fully saturated rings. The van der Waals surface area contributed by atoms with E-state index in [1.54, 1.807) is 0 Å². The van der Waals surface area contributed by atoms with E-state index in [1.165, 1.54) is 0 Å². The van der Waals surface area contributed by atoms with Crippen molar-refractivity contribution in [3.63, 3.8) is 0 Å². The number of aromatic nitrogens is 1. The molecule has 5 nitrogen and oxygen atoms in total. The first-order valence-electron chi connectivity index (χ1n) is 16.6. The fraction of sp³-hybridized carbons (Fsp3) is 0.0222. The smallest absolute Gasteiger partial charge is 0.145 e. The lowest BCUT2D eigenvalue weighted by Crippen LogP contribution is -2.07. The highest BCUT2D eigenvalue weighted by Gasteiger charge is 2.36. The van der Waals surface area contributed by atoms with Gasteiger partial charge < -0.3 is 13.4 Å². The molecular formula is C45H23N3O2. The SMILES string of the molecule is N#Cc1cc(-n2c3ccccc3c3c4oc5ccccc5c4ccc32)cc(C#N)c1C1c2ccccc2-c2c1ccc1c2oc2ccccc21. The summed E-state index contributed by atoms with van der Waals surface area (Å²) in [5.41, 5.74) is 11.8. The van der Waals surface area contributed by atoms with Gasteiger partial charge in [-0.3, -0.25) is 0 Å². The first-order valence-corrected chi connectivity index (χ1v) is 16.6. The third-order valence-corrected chi connectivity index (χ3v) is 10.6. The summed E-state index contributed by atoms with van der Waals surface area (Å²) in [6, 6.07) is 50.1. The predicted octanol–water partition coefficient (Wildman–Crippen LogP) is 11.5. The second-order valence-corrected chi connectivity index (χ2v) is 13.0. The largest absolute Gasteiger partial charge is 0.455 e. The Balaban J connectivity index is 1.18. The van der Waals surface area contributed by atoms with Gasteiger partial charge in [0.05, 0.1) is 39.7 Å². The normalized spacial score (nSPS) is 13.8. The molecule has 0 aliphatic heterocycles. The van der Waals surface area contributed by atoms with Crippen LogP contribution in [0.2, 0.25) is 0 Å². The first kappa shape index (κ1) is 26.9. The van der Waals surface area contributed by atoms with Crippen molar-refractivity contribution in [3.05, 3.63) is 161 Å². The molecule has 0 N–H and O–H groups in total. The number of benzene rings is 7. The molecule has 3 aromatic heterocycles. The van der Waals surface area contributed by atoms with Crippen LogP contribution in [0.15, 0.2) is 142 Å². The molecule has 1 atom stereocenters. The van der Waals surface area contributed by atoms with E-state index < -0.39 is 0 Å². The van der Waals surface area contributed by atoms with Crippen molar-refractivity contribution in [2.24, 2.45) is 0 Å². The van der Waals surface area contributed by atoms with Gasteiger partial charge in [-0.15, -0.1) is 0 Å². The van der Waals surface area contributed by atoms with Gasteiger partial charge in [0, 0.05) is 44.1 Å². The van der Waals surface area contributed by atoms with E-state index in [0.717, 1.165) is 93.6 Å². The summed E-state index contributed by atoms with van der Waals surface area (Å²) in [4.78, 5) is 0. The van der Waals surface area contributed by atoms with E-state index in [9.17, 15) is 10.5 Å². The summed E-state index contributed by atoms with van der Waals surface area (Å²) in [5, 5.41) is 28.0. The topological polar surface area (TPSA) is 78.8 Å². The summed E-state index contributed by atoms with van der Waals surface area (Å²) in [5.74, 6) is -0.314. The Morgan fingerprint density at radius 3 is 1.86 bits per heavy atom. The number of hydrogen-bond acceptors (Lipinski definition) is 4. The van der Waals surface area contributed by atoms with Crippen molar-refractivity contribution >= 4 is 65.7 Å². The fourth-order valence-electron chi connectivity index (χ4n) is 8.55. The third kappa shape index (κ3) is 3.38. The third-order valence-electron chi connectivity index (χ3n) is 10.6. The highest BCUT2D eigenvalue weighted by molar-refractivity contribution is 6.24.